The van der Waals surface area contributed by atoms with Gasteiger partial charge in [-0.3, -0.25) is 14.4 Å². The number of carbonyl (C=O) groups excluding carboxylic acids is 3. The van der Waals surface area contributed by atoms with Crippen molar-refractivity contribution >= 4 is 17.3 Å². The summed E-state index contributed by atoms with van der Waals surface area (Å²) in [6.07, 6.45) is 8.26. The molecule has 4 heteroatoms. The average Bonchev–Trinajstić information content (AvgIpc) is 2.91. The Hall–Kier alpha value is -3.27. The minimum Gasteiger partial charge on any atom is -0.511 e. The summed E-state index contributed by atoms with van der Waals surface area (Å²) >= 11 is 0. The molecule has 4 unspecified atom stereocenters. The van der Waals surface area contributed by atoms with Crippen molar-refractivity contribution in [1.82, 2.24) is 0 Å². The number of hydrogen-bond acceptors (Lipinski definition) is 4. The fraction of sp³-hybridized carbons (Fsp3) is 0.500. The molecule has 0 saturated heterocycles. The molecule has 0 aromatic heterocycles. The number of aliphatic hydroxyl groups excluding tert-OH is 1. The van der Waals surface area contributed by atoms with E-state index in [0.717, 1.165) is 22.3 Å². The van der Waals surface area contributed by atoms with Gasteiger partial charge in [0.05, 0.1) is 5.41 Å². The Labute approximate surface area is 253 Å². The molecule has 0 heterocycles. The maximum Gasteiger partial charge on any atom is 0.184 e. The second kappa shape index (κ2) is 12.5. The van der Waals surface area contributed by atoms with Gasteiger partial charge in [-0.1, -0.05) is 91.3 Å². The molecule has 2 aliphatic carbocycles. The lowest BCUT2D eigenvalue weighted by atomic mass is 9.39. The van der Waals surface area contributed by atoms with Crippen LogP contribution in [0.3, 0.4) is 0 Å². The topological polar surface area (TPSA) is 71.4 Å². The Morgan fingerprint density at radius 3 is 2.05 bits per heavy atom. The van der Waals surface area contributed by atoms with Crippen molar-refractivity contribution in [2.75, 3.05) is 0 Å². The van der Waals surface area contributed by atoms with Gasteiger partial charge < -0.3 is 5.11 Å². The van der Waals surface area contributed by atoms with Crippen molar-refractivity contribution in [3.05, 3.63) is 94.3 Å². The molecule has 0 amide bonds. The van der Waals surface area contributed by atoms with E-state index in [1.807, 2.05) is 74.5 Å². The fourth-order valence-corrected chi connectivity index (χ4v) is 7.04. The molecule has 3 rings (SSSR count). The summed E-state index contributed by atoms with van der Waals surface area (Å²) in [5.74, 6) is -1.92. The molecule has 1 aromatic rings. The van der Waals surface area contributed by atoms with Crippen LogP contribution in [-0.4, -0.2) is 22.5 Å². The third-order valence-corrected chi connectivity index (χ3v) is 9.72. The number of carbonyl (C=O) groups is 3. The van der Waals surface area contributed by atoms with Crippen LogP contribution in [0.4, 0.5) is 0 Å². The highest BCUT2D eigenvalue weighted by Gasteiger charge is 2.75. The van der Waals surface area contributed by atoms with E-state index in [9.17, 15) is 14.7 Å². The molecule has 42 heavy (non-hydrogen) atoms. The van der Waals surface area contributed by atoms with Crippen LogP contribution in [0.5, 0.6) is 0 Å². The summed E-state index contributed by atoms with van der Waals surface area (Å²) in [7, 11) is 0. The molecule has 226 valence electrons. The zero-order valence-electron chi connectivity index (χ0n) is 27.2. The van der Waals surface area contributed by atoms with E-state index in [2.05, 4.69) is 18.7 Å². The minimum absolute atomic E-state index is 0.112. The molecule has 2 bridgehead atoms. The van der Waals surface area contributed by atoms with Crippen molar-refractivity contribution < 1.29 is 19.5 Å². The highest BCUT2D eigenvalue weighted by Crippen LogP contribution is 2.66. The summed E-state index contributed by atoms with van der Waals surface area (Å²) in [5.41, 5.74) is 0.389. The molecule has 0 aliphatic heterocycles. The van der Waals surface area contributed by atoms with Gasteiger partial charge in [-0.25, -0.2) is 0 Å². The lowest BCUT2D eigenvalue weighted by Gasteiger charge is -2.60. The molecule has 1 fully saturated rings. The Kier molecular flexibility index (Phi) is 9.92. The first kappa shape index (κ1) is 33.2. The van der Waals surface area contributed by atoms with E-state index in [1.165, 1.54) is 0 Å². The third-order valence-electron chi connectivity index (χ3n) is 9.72. The van der Waals surface area contributed by atoms with Crippen LogP contribution < -0.4 is 0 Å². The highest BCUT2D eigenvalue weighted by atomic mass is 16.3. The molecule has 1 N–H and O–H groups in total. The normalized spacial score (nSPS) is 25.4. The van der Waals surface area contributed by atoms with E-state index in [0.29, 0.717) is 31.2 Å². The van der Waals surface area contributed by atoms with Crippen molar-refractivity contribution in [1.29, 1.82) is 0 Å². The Balaban J connectivity index is 2.45. The van der Waals surface area contributed by atoms with Crippen molar-refractivity contribution in [2.45, 2.75) is 94.4 Å². The molecular weight excluding hydrogens is 520 g/mol. The zero-order chi connectivity index (χ0) is 31.6. The summed E-state index contributed by atoms with van der Waals surface area (Å²) in [6.45, 7) is 22.1. The highest BCUT2D eigenvalue weighted by molar-refractivity contribution is 6.36. The van der Waals surface area contributed by atoms with Gasteiger partial charge in [0.2, 0.25) is 0 Å². The van der Waals surface area contributed by atoms with Gasteiger partial charge >= 0.3 is 0 Å². The molecule has 4 atom stereocenters. The van der Waals surface area contributed by atoms with E-state index < -0.39 is 33.6 Å². The standard InChI is InChI=1S/C38H50O4/c1-24(2)16-19-29(27(7)8)22-37-23-30(20-17-25(3)4)36(9,10)38(35(37)42,32(39)28-14-12-11-13-15-28)34(41)31(33(37)40)21-18-26(5)6/h11-18,29-30,40H,7,19-23H2,1-6,8-10H3. The largest absolute Gasteiger partial charge is 0.511 e. The summed E-state index contributed by atoms with van der Waals surface area (Å²) in [5, 5.41) is 12.2. The number of rotatable bonds is 11. The Bertz CT molecular complexity index is 1370. The first-order chi connectivity index (χ1) is 19.5. The van der Waals surface area contributed by atoms with Crippen molar-refractivity contribution in [3.8, 4) is 0 Å². The maximum atomic E-state index is 15.3. The van der Waals surface area contributed by atoms with Crippen LogP contribution in [0.25, 0.3) is 0 Å². The third kappa shape index (κ3) is 5.70. The molecular formula is C38H50O4. The number of benzene rings is 1. The average molecular weight is 571 g/mol. The molecule has 1 saturated carbocycles. The van der Waals surface area contributed by atoms with E-state index in [1.54, 1.807) is 24.3 Å². The van der Waals surface area contributed by atoms with E-state index in [4.69, 9.17) is 0 Å². The Morgan fingerprint density at radius 2 is 1.52 bits per heavy atom. The molecule has 0 radical (unpaired) electrons. The monoisotopic (exact) mass is 570 g/mol. The van der Waals surface area contributed by atoms with Crippen LogP contribution in [0.2, 0.25) is 0 Å². The first-order valence-electron chi connectivity index (χ1n) is 15.2. The van der Waals surface area contributed by atoms with Gasteiger partial charge in [-0.15, -0.1) is 0 Å². The Morgan fingerprint density at radius 1 is 0.952 bits per heavy atom. The van der Waals surface area contributed by atoms with Crippen LogP contribution in [0, 0.1) is 28.1 Å². The summed E-state index contributed by atoms with van der Waals surface area (Å²) in [4.78, 5) is 44.9. The van der Waals surface area contributed by atoms with Gasteiger partial charge in [0.25, 0.3) is 0 Å². The lowest BCUT2D eigenvalue weighted by molar-refractivity contribution is -0.166. The number of hydrogen-bond donors (Lipinski definition) is 1. The van der Waals surface area contributed by atoms with Crippen LogP contribution in [-0.2, 0) is 9.59 Å². The number of fused-ring (bicyclic) bond motifs is 2. The molecule has 1 aromatic carbocycles. The minimum atomic E-state index is -1.96. The predicted molar refractivity (Wildman–Crippen MR) is 172 cm³/mol. The van der Waals surface area contributed by atoms with Gasteiger partial charge in [-0.2, -0.15) is 0 Å². The maximum absolute atomic E-state index is 15.3. The van der Waals surface area contributed by atoms with Gasteiger partial charge in [-0.05, 0) is 97.8 Å². The van der Waals surface area contributed by atoms with Crippen LogP contribution in [0.15, 0.2) is 88.8 Å². The van der Waals surface area contributed by atoms with E-state index in [-0.39, 0.29) is 29.6 Å². The van der Waals surface area contributed by atoms with Crippen LogP contribution >= 0.6 is 0 Å². The number of Topliss-reactive ketones (excluding diaryl/α,β-unsaturated/α-hetero) is 3. The number of ketones is 3. The molecule has 0 spiro atoms. The number of aliphatic hydroxyl groups is 1. The predicted octanol–water partition coefficient (Wildman–Crippen LogP) is 9.50. The SMILES string of the molecule is C=C(C)C(CC=C(C)C)CC12CC(CC=C(C)C)C(C)(C)C(C(=O)c3ccccc3)(C(=O)C(CC=C(C)C)=C1O)C2=O. The second-order valence-electron chi connectivity index (χ2n) is 13.9. The van der Waals surface area contributed by atoms with Gasteiger partial charge in [0.15, 0.2) is 22.8 Å². The van der Waals surface area contributed by atoms with Gasteiger partial charge in [0, 0.05) is 11.1 Å². The molecule has 4 nitrogen and oxygen atoms in total. The molecule has 2 aliphatic rings. The van der Waals surface area contributed by atoms with Crippen molar-refractivity contribution in [3.63, 3.8) is 0 Å². The first-order valence-corrected chi connectivity index (χ1v) is 15.2. The number of allylic oxidation sites excluding steroid dienone is 9. The lowest BCUT2D eigenvalue weighted by Crippen LogP contribution is -2.70. The van der Waals surface area contributed by atoms with E-state index >= 15 is 4.79 Å². The van der Waals surface area contributed by atoms with Crippen molar-refractivity contribution in [2.24, 2.45) is 28.1 Å². The van der Waals surface area contributed by atoms with Gasteiger partial charge in [0.1, 0.15) is 5.76 Å². The van der Waals surface area contributed by atoms with Crippen LogP contribution in [0.1, 0.15) is 105 Å². The quantitative estimate of drug-likeness (QED) is 0.163. The second-order valence-corrected chi connectivity index (χ2v) is 13.9. The smallest absolute Gasteiger partial charge is 0.184 e. The summed E-state index contributed by atoms with van der Waals surface area (Å²) < 4.78 is 0. The summed E-state index contributed by atoms with van der Waals surface area (Å²) in [6, 6.07) is 8.72. The fourth-order valence-electron chi connectivity index (χ4n) is 7.04. The zero-order valence-corrected chi connectivity index (χ0v) is 27.2.